The second-order valence-corrected chi connectivity index (χ2v) is 8.39. The summed E-state index contributed by atoms with van der Waals surface area (Å²) in [6.07, 6.45) is 5.91. The first kappa shape index (κ1) is 21.6. The van der Waals surface area contributed by atoms with Crippen molar-refractivity contribution in [2.45, 2.75) is 64.2 Å². The maximum absolute atomic E-state index is 12.1. The van der Waals surface area contributed by atoms with Crippen LogP contribution >= 0.6 is 0 Å². The number of ether oxygens (including phenoxy) is 1. The molecule has 1 fully saturated rings. The summed E-state index contributed by atoms with van der Waals surface area (Å²) in [6, 6.07) is 16.7. The highest BCUT2D eigenvalue weighted by Crippen LogP contribution is 2.42. The van der Waals surface area contributed by atoms with Crippen LogP contribution in [0.15, 0.2) is 48.5 Å². The summed E-state index contributed by atoms with van der Waals surface area (Å²) in [5.74, 6) is 2.97. The second kappa shape index (κ2) is 10.6. The number of ketones is 1. The van der Waals surface area contributed by atoms with E-state index in [-0.39, 0.29) is 12.4 Å². The summed E-state index contributed by atoms with van der Waals surface area (Å²) < 4.78 is 5.65. The average Bonchev–Trinajstić information content (AvgIpc) is 3.21. The molecule has 0 bridgehead atoms. The lowest BCUT2D eigenvalue weighted by Gasteiger charge is -2.18. The number of carbonyl (C=O) groups excluding carboxylic acids is 1. The first-order valence-corrected chi connectivity index (χ1v) is 11.1. The summed E-state index contributed by atoms with van der Waals surface area (Å²) in [6.45, 7) is 5.12. The van der Waals surface area contributed by atoms with E-state index >= 15 is 0 Å². The van der Waals surface area contributed by atoms with Crippen LogP contribution in [0.3, 0.4) is 0 Å². The van der Waals surface area contributed by atoms with Crippen molar-refractivity contribution in [3.63, 3.8) is 0 Å². The van der Waals surface area contributed by atoms with Crippen LogP contribution in [-0.4, -0.2) is 24.1 Å². The van der Waals surface area contributed by atoms with E-state index in [1.54, 1.807) is 0 Å². The van der Waals surface area contributed by atoms with E-state index in [0.29, 0.717) is 31.3 Å². The Balaban J connectivity index is 1.54. The summed E-state index contributed by atoms with van der Waals surface area (Å²) in [4.78, 5) is 12.1. The van der Waals surface area contributed by atoms with Crippen molar-refractivity contribution in [3.8, 4) is 5.75 Å². The third-order valence-electron chi connectivity index (χ3n) is 6.23. The number of benzene rings is 2. The van der Waals surface area contributed by atoms with Gasteiger partial charge >= 0.3 is 0 Å². The Kier molecular flexibility index (Phi) is 7.88. The summed E-state index contributed by atoms with van der Waals surface area (Å²) in [7, 11) is 0. The maximum atomic E-state index is 12.1. The number of rotatable bonds is 10. The van der Waals surface area contributed by atoms with Gasteiger partial charge in [-0.25, -0.2) is 0 Å². The van der Waals surface area contributed by atoms with Gasteiger partial charge in [-0.3, -0.25) is 4.79 Å². The molecule has 2 aromatic rings. The minimum absolute atomic E-state index is 0.0711. The molecule has 1 saturated carbocycles. The highest BCUT2D eigenvalue weighted by atomic mass is 16.5. The fourth-order valence-corrected chi connectivity index (χ4v) is 4.63. The minimum atomic E-state index is 0.0711. The van der Waals surface area contributed by atoms with E-state index in [9.17, 15) is 4.79 Å². The van der Waals surface area contributed by atoms with Gasteiger partial charge in [-0.05, 0) is 80.0 Å². The van der Waals surface area contributed by atoms with Crippen LogP contribution in [0.4, 0.5) is 0 Å². The highest BCUT2D eigenvalue weighted by Gasteiger charge is 2.27. The Labute approximate surface area is 175 Å². The lowest BCUT2D eigenvalue weighted by atomic mass is 9.88. The number of aliphatic hydroxyl groups is 1. The molecule has 3 nitrogen and oxygen atoms in total. The fraction of sp³-hybridized carbons (Fsp3) is 0.500. The average molecular weight is 395 g/mol. The van der Waals surface area contributed by atoms with E-state index in [1.165, 1.54) is 36.8 Å². The molecule has 156 valence electrons. The molecule has 1 N–H and O–H groups in total. The summed E-state index contributed by atoms with van der Waals surface area (Å²) >= 11 is 0. The van der Waals surface area contributed by atoms with Crippen LogP contribution in [0.25, 0.3) is 0 Å². The van der Waals surface area contributed by atoms with Crippen molar-refractivity contribution < 1.29 is 14.6 Å². The number of aliphatic hydroxyl groups excluding tert-OH is 1. The van der Waals surface area contributed by atoms with Crippen LogP contribution in [0, 0.1) is 5.92 Å². The molecule has 1 unspecified atom stereocenters. The van der Waals surface area contributed by atoms with E-state index in [2.05, 4.69) is 37.3 Å². The Morgan fingerprint density at radius 3 is 2.69 bits per heavy atom. The van der Waals surface area contributed by atoms with Crippen LogP contribution in [0.5, 0.6) is 5.75 Å². The molecule has 3 heteroatoms. The number of hydrogen-bond acceptors (Lipinski definition) is 3. The standard InChI is InChI=1S/C26H34O3/c1-3-29-25-7-4-6-23(18-25)19(2)16-20-9-10-24(17-20)21-11-13-22(14-12-21)26(28)8-5-15-27/h4,6-7,11-14,18-20,24,27H,3,5,8-10,15-17H2,1-2H3/t19-,20?,24-/m0/s1. The number of carbonyl (C=O) groups is 1. The van der Waals surface area contributed by atoms with Gasteiger partial charge < -0.3 is 9.84 Å². The Hall–Kier alpha value is -2.13. The zero-order chi connectivity index (χ0) is 20.6. The number of Topliss-reactive ketones (excluding diaryl/α,β-unsaturated/α-hetero) is 1. The lowest BCUT2D eigenvalue weighted by molar-refractivity contribution is 0.0971. The lowest BCUT2D eigenvalue weighted by Crippen LogP contribution is -2.04. The van der Waals surface area contributed by atoms with Gasteiger partial charge in [-0.15, -0.1) is 0 Å². The largest absolute Gasteiger partial charge is 0.494 e. The van der Waals surface area contributed by atoms with E-state index in [1.807, 2.05) is 25.1 Å². The molecule has 3 atom stereocenters. The molecule has 1 aliphatic rings. The zero-order valence-corrected chi connectivity index (χ0v) is 17.8. The molecule has 0 aliphatic heterocycles. The van der Waals surface area contributed by atoms with Gasteiger partial charge in [0, 0.05) is 18.6 Å². The Bertz CT molecular complexity index is 781. The van der Waals surface area contributed by atoms with Crippen molar-refractivity contribution in [2.75, 3.05) is 13.2 Å². The third kappa shape index (κ3) is 5.93. The van der Waals surface area contributed by atoms with Crippen molar-refractivity contribution >= 4 is 5.78 Å². The predicted molar refractivity (Wildman–Crippen MR) is 118 cm³/mol. The van der Waals surface area contributed by atoms with Crippen molar-refractivity contribution in [1.82, 2.24) is 0 Å². The fourth-order valence-electron chi connectivity index (χ4n) is 4.63. The summed E-state index contributed by atoms with van der Waals surface area (Å²) in [5.41, 5.74) is 3.49. The topological polar surface area (TPSA) is 46.5 Å². The summed E-state index contributed by atoms with van der Waals surface area (Å²) in [5, 5.41) is 8.89. The second-order valence-electron chi connectivity index (χ2n) is 8.39. The normalized spacial score (nSPS) is 19.8. The van der Waals surface area contributed by atoms with E-state index < -0.39 is 0 Å². The van der Waals surface area contributed by atoms with Crippen molar-refractivity contribution in [2.24, 2.45) is 5.92 Å². The quantitative estimate of drug-likeness (QED) is 0.494. The van der Waals surface area contributed by atoms with E-state index in [0.717, 1.165) is 17.2 Å². The molecule has 1 aliphatic carbocycles. The highest BCUT2D eigenvalue weighted by molar-refractivity contribution is 5.96. The van der Waals surface area contributed by atoms with Crippen LogP contribution in [0.1, 0.15) is 85.7 Å². The molecule has 2 aromatic carbocycles. The maximum Gasteiger partial charge on any atom is 0.162 e. The van der Waals surface area contributed by atoms with Crippen LogP contribution in [-0.2, 0) is 0 Å². The molecule has 0 heterocycles. The smallest absolute Gasteiger partial charge is 0.162 e. The monoisotopic (exact) mass is 394 g/mol. The Morgan fingerprint density at radius 1 is 1.17 bits per heavy atom. The number of hydrogen-bond donors (Lipinski definition) is 1. The van der Waals surface area contributed by atoms with Crippen molar-refractivity contribution in [3.05, 3.63) is 65.2 Å². The molecule has 0 amide bonds. The van der Waals surface area contributed by atoms with Gasteiger partial charge in [-0.2, -0.15) is 0 Å². The van der Waals surface area contributed by atoms with Gasteiger partial charge in [0.25, 0.3) is 0 Å². The molecule has 29 heavy (non-hydrogen) atoms. The minimum Gasteiger partial charge on any atom is -0.494 e. The van der Waals surface area contributed by atoms with Crippen LogP contribution in [0.2, 0.25) is 0 Å². The zero-order valence-electron chi connectivity index (χ0n) is 17.8. The predicted octanol–water partition coefficient (Wildman–Crippen LogP) is 6.12. The molecular weight excluding hydrogens is 360 g/mol. The van der Waals surface area contributed by atoms with Gasteiger partial charge in [-0.1, -0.05) is 43.3 Å². The molecule has 3 rings (SSSR count). The van der Waals surface area contributed by atoms with Gasteiger partial charge in [0.2, 0.25) is 0 Å². The third-order valence-corrected chi connectivity index (χ3v) is 6.23. The molecule has 0 radical (unpaired) electrons. The van der Waals surface area contributed by atoms with Crippen LogP contribution < -0.4 is 4.74 Å². The van der Waals surface area contributed by atoms with Gasteiger partial charge in [0.1, 0.15) is 5.75 Å². The molecule has 0 aromatic heterocycles. The molecular formula is C26H34O3. The molecule has 0 spiro atoms. The van der Waals surface area contributed by atoms with Gasteiger partial charge in [0.15, 0.2) is 5.78 Å². The molecule has 0 saturated heterocycles. The van der Waals surface area contributed by atoms with Crippen molar-refractivity contribution in [1.29, 1.82) is 0 Å². The van der Waals surface area contributed by atoms with Gasteiger partial charge in [0.05, 0.1) is 6.61 Å². The first-order valence-electron chi connectivity index (χ1n) is 11.1. The van der Waals surface area contributed by atoms with E-state index in [4.69, 9.17) is 9.84 Å². The first-order chi connectivity index (χ1) is 14.1. The Morgan fingerprint density at radius 2 is 1.97 bits per heavy atom. The SMILES string of the molecule is CCOc1cccc([C@@H](C)CC2CC[C@H](c3ccc(C(=O)CCCO)cc3)C2)c1.